The molecule has 0 radical (unpaired) electrons. The molecule has 4 heteroatoms. The number of hydrogen-bond donors (Lipinski definition) is 1. The van der Waals surface area contributed by atoms with Crippen LogP contribution in [0.3, 0.4) is 0 Å². The Morgan fingerprint density at radius 3 is 2.60 bits per heavy atom. The van der Waals surface area contributed by atoms with Gasteiger partial charge in [-0.3, -0.25) is 0 Å². The fraction of sp³-hybridized carbons (Fsp3) is 0.562. The van der Waals surface area contributed by atoms with E-state index in [4.69, 9.17) is 5.73 Å². The Kier molecular flexibility index (Phi) is 3.82. The minimum absolute atomic E-state index is 0.105. The summed E-state index contributed by atoms with van der Waals surface area (Å²) in [6.45, 7) is 2.05. The van der Waals surface area contributed by atoms with Gasteiger partial charge in [0.1, 0.15) is 6.07 Å². The molecule has 0 aliphatic heterocycles. The number of fused-ring (bicyclic) bond motifs is 1. The summed E-state index contributed by atoms with van der Waals surface area (Å²) >= 11 is 0. The first-order valence-electron chi connectivity index (χ1n) is 7.09. The van der Waals surface area contributed by atoms with E-state index < -0.39 is 5.41 Å². The molecule has 0 heterocycles. The number of nitriles is 3. The number of hydrogen-bond acceptors (Lipinski definition) is 4. The highest BCUT2D eigenvalue weighted by Gasteiger charge is 2.52. The van der Waals surface area contributed by atoms with Crippen LogP contribution >= 0.6 is 0 Å². The Bertz CT molecular complexity index is 577. The number of allylic oxidation sites excluding steroid dienone is 4. The van der Waals surface area contributed by atoms with Crippen molar-refractivity contribution in [2.75, 3.05) is 0 Å². The van der Waals surface area contributed by atoms with Crippen LogP contribution < -0.4 is 5.73 Å². The van der Waals surface area contributed by atoms with E-state index in [1.807, 2.05) is 6.92 Å². The largest absolute Gasteiger partial charge is 0.399 e. The van der Waals surface area contributed by atoms with Crippen molar-refractivity contribution in [2.24, 2.45) is 23.0 Å². The molecule has 2 aliphatic carbocycles. The Morgan fingerprint density at radius 2 is 2.05 bits per heavy atom. The molecular weight excluding hydrogens is 248 g/mol. The second kappa shape index (κ2) is 5.40. The molecule has 20 heavy (non-hydrogen) atoms. The summed E-state index contributed by atoms with van der Waals surface area (Å²) in [7, 11) is 0. The van der Waals surface area contributed by atoms with Crippen molar-refractivity contribution < 1.29 is 0 Å². The summed E-state index contributed by atoms with van der Waals surface area (Å²) < 4.78 is 0. The van der Waals surface area contributed by atoms with Gasteiger partial charge in [-0.15, -0.1) is 0 Å². The number of nitrogens with zero attached hydrogens (tertiary/aromatic N) is 3. The van der Waals surface area contributed by atoms with Crippen molar-refractivity contribution in [2.45, 2.75) is 39.0 Å². The molecule has 2 atom stereocenters. The predicted octanol–water partition coefficient (Wildman–Crippen LogP) is 2.91. The van der Waals surface area contributed by atoms with Gasteiger partial charge in [-0.2, -0.15) is 15.8 Å². The van der Waals surface area contributed by atoms with E-state index in [1.165, 1.54) is 0 Å². The van der Waals surface area contributed by atoms with Gasteiger partial charge in [-0.1, -0.05) is 19.4 Å². The molecule has 0 bridgehead atoms. The lowest BCUT2D eigenvalue weighted by Gasteiger charge is -2.43. The molecule has 0 fully saturated rings. The first kappa shape index (κ1) is 14.2. The highest BCUT2D eigenvalue weighted by atomic mass is 14.7. The molecule has 0 aromatic heterocycles. The van der Waals surface area contributed by atoms with Gasteiger partial charge in [0.05, 0.1) is 23.4 Å². The Labute approximate surface area is 119 Å². The molecule has 102 valence electrons. The molecule has 0 amide bonds. The van der Waals surface area contributed by atoms with Crippen LogP contribution in [0.2, 0.25) is 0 Å². The first-order valence-corrected chi connectivity index (χ1v) is 7.09. The normalized spacial score (nSPS) is 27.6. The van der Waals surface area contributed by atoms with E-state index in [0.717, 1.165) is 37.7 Å². The van der Waals surface area contributed by atoms with Gasteiger partial charge < -0.3 is 5.73 Å². The Hall–Kier alpha value is -2.25. The van der Waals surface area contributed by atoms with Crippen LogP contribution in [0.4, 0.5) is 0 Å². The lowest BCUT2D eigenvalue weighted by Crippen LogP contribution is -2.44. The molecule has 0 aromatic rings. The highest BCUT2D eigenvalue weighted by molar-refractivity contribution is 5.56. The zero-order chi connectivity index (χ0) is 14.8. The second-order valence-corrected chi connectivity index (χ2v) is 5.52. The summed E-state index contributed by atoms with van der Waals surface area (Å²) in [5, 5.41) is 28.6. The van der Waals surface area contributed by atoms with Gasteiger partial charge >= 0.3 is 0 Å². The van der Waals surface area contributed by atoms with Crippen molar-refractivity contribution in [3.05, 3.63) is 22.9 Å². The van der Waals surface area contributed by atoms with Gasteiger partial charge in [-0.25, -0.2) is 0 Å². The molecule has 0 unspecified atom stereocenters. The molecular formula is C16H18N4. The van der Waals surface area contributed by atoms with Gasteiger partial charge in [0.2, 0.25) is 0 Å². The van der Waals surface area contributed by atoms with Crippen LogP contribution in [0.5, 0.6) is 0 Å². The molecule has 0 spiro atoms. The third-order valence-electron chi connectivity index (χ3n) is 4.57. The maximum atomic E-state index is 9.60. The minimum Gasteiger partial charge on any atom is -0.399 e. The smallest absolute Gasteiger partial charge is 0.187 e. The van der Waals surface area contributed by atoms with Gasteiger partial charge in [0, 0.05) is 5.92 Å². The van der Waals surface area contributed by atoms with Crippen molar-refractivity contribution in [3.63, 3.8) is 0 Å². The van der Waals surface area contributed by atoms with E-state index in [9.17, 15) is 15.8 Å². The molecule has 2 N–H and O–H groups in total. The third kappa shape index (κ3) is 1.79. The zero-order valence-corrected chi connectivity index (χ0v) is 11.7. The van der Waals surface area contributed by atoms with Crippen molar-refractivity contribution in [1.82, 2.24) is 0 Å². The topological polar surface area (TPSA) is 97.4 Å². The van der Waals surface area contributed by atoms with E-state index in [0.29, 0.717) is 5.57 Å². The second-order valence-electron chi connectivity index (χ2n) is 5.52. The molecule has 0 saturated carbocycles. The summed E-state index contributed by atoms with van der Waals surface area (Å²) in [6.07, 6.45) is 6.66. The summed E-state index contributed by atoms with van der Waals surface area (Å²) in [6, 6.07) is 6.38. The van der Waals surface area contributed by atoms with Gasteiger partial charge in [0.25, 0.3) is 0 Å². The van der Waals surface area contributed by atoms with E-state index >= 15 is 0 Å². The number of nitrogens with two attached hydrogens (primary N) is 1. The van der Waals surface area contributed by atoms with Crippen LogP contribution in [-0.4, -0.2) is 0 Å². The van der Waals surface area contributed by atoms with Crippen LogP contribution in [0, 0.1) is 51.2 Å². The number of rotatable bonds is 2. The molecule has 0 saturated heterocycles. The third-order valence-corrected chi connectivity index (χ3v) is 4.57. The lowest BCUT2D eigenvalue weighted by atomic mass is 9.57. The van der Waals surface area contributed by atoms with E-state index in [2.05, 4.69) is 24.3 Å². The summed E-state index contributed by atoms with van der Waals surface area (Å²) in [5.41, 5.74) is 6.24. The van der Waals surface area contributed by atoms with E-state index in [-0.39, 0.29) is 17.5 Å². The fourth-order valence-electron chi connectivity index (χ4n) is 3.63. The maximum Gasteiger partial charge on any atom is 0.187 e. The molecule has 4 nitrogen and oxygen atoms in total. The monoisotopic (exact) mass is 266 g/mol. The van der Waals surface area contributed by atoms with Gasteiger partial charge in [-0.05, 0) is 37.2 Å². The van der Waals surface area contributed by atoms with Crippen LogP contribution in [0.15, 0.2) is 22.9 Å². The van der Waals surface area contributed by atoms with Crippen molar-refractivity contribution >= 4 is 0 Å². The van der Waals surface area contributed by atoms with Crippen molar-refractivity contribution in [3.8, 4) is 18.2 Å². The quantitative estimate of drug-likeness (QED) is 0.830. The summed E-state index contributed by atoms with van der Waals surface area (Å²) in [4.78, 5) is 0. The van der Waals surface area contributed by atoms with Crippen LogP contribution in [0.1, 0.15) is 39.0 Å². The highest BCUT2D eigenvalue weighted by Crippen LogP contribution is 2.52. The van der Waals surface area contributed by atoms with Crippen LogP contribution in [-0.2, 0) is 0 Å². The average Bonchev–Trinajstić information content (AvgIpc) is 2.49. The van der Waals surface area contributed by atoms with Gasteiger partial charge in [0.15, 0.2) is 5.41 Å². The fourth-order valence-corrected chi connectivity index (χ4v) is 3.63. The zero-order valence-electron chi connectivity index (χ0n) is 11.7. The predicted molar refractivity (Wildman–Crippen MR) is 74.3 cm³/mol. The van der Waals surface area contributed by atoms with Crippen LogP contribution in [0.25, 0.3) is 0 Å². The summed E-state index contributed by atoms with van der Waals surface area (Å²) in [5.74, 6) is 0.0103. The first-order chi connectivity index (χ1) is 9.66. The van der Waals surface area contributed by atoms with Crippen molar-refractivity contribution in [1.29, 1.82) is 15.8 Å². The average molecular weight is 266 g/mol. The molecule has 2 rings (SSSR count). The Morgan fingerprint density at radius 1 is 1.35 bits per heavy atom. The standard InChI is InChI=1S/C16H18N4/c1-2-5-14-12-7-4-3-6-11(12)13(8-17)15(20)16(14,9-18)10-19/h6,12,14H,2-5,7,20H2,1H3/t12-,14-/m0/s1. The maximum absolute atomic E-state index is 9.60. The van der Waals surface area contributed by atoms with E-state index in [1.54, 1.807) is 0 Å². The minimum atomic E-state index is -1.35. The Balaban J connectivity index is 2.71. The molecule has 2 aliphatic rings. The molecule has 0 aromatic carbocycles. The SMILES string of the molecule is CCC[C@H]1[C@H]2CCCC=C2C(C#N)=C(N)C1(C#N)C#N. The lowest BCUT2D eigenvalue weighted by molar-refractivity contribution is 0.219.